The van der Waals surface area contributed by atoms with Crippen molar-refractivity contribution in [2.24, 2.45) is 0 Å². The molecule has 0 heterocycles. The summed E-state index contributed by atoms with van der Waals surface area (Å²) in [5.74, 6) is -0.276. The van der Waals surface area contributed by atoms with E-state index >= 15 is 0 Å². The van der Waals surface area contributed by atoms with E-state index in [1.165, 1.54) is 6.07 Å². The monoisotopic (exact) mass is 232 g/mol. The Labute approximate surface area is 93.3 Å². The molecule has 0 saturated heterocycles. The standard InChI is InChI=1S/C11H14ClFO2/c1-7-3-2-4-8(13)10(7)11(15)9(14)5-6-12/h2-4,9,11,14-15H,5-6H2,1H3. The second-order valence-corrected chi connectivity index (χ2v) is 3.84. The van der Waals surface area contributed by atoms with Gasteiger partial charge in [-0.1, -0.05) is 12.1 Å². The predicted molar refractivity (Wildman–Crippen MR) is 57.4 cm³/mol. The molecule has 2 N–H and O–H groups in total. The van der Waals surface area contributed by atoms with Crippen molar-refractivity contribution in [2.75, 3.05) is 5.88 Å². The van der Waals surface area contributed by atoms with Crippen molar-refractivity contribution in [1.82, 2.24) is 0 Å². The second kappa shape index (κ2) is 5.45. The third-order valence-corrected chi connectivity index (χ3v) is 2.55. The Morgan fingerprint density at radius 2 is 2.07 bits per heavy atom. The molecule has 4 heteroatoms. The van der Waals surface area contributed by atoms with Crippen molar-refractivity contribution in [1.29, 1.82) is 0 Å². The lowest BCUT2D eigenvalue weighted by atomic mass is 9.98. The molecule has 1 rings (SSSR count). The van der Waals surface area contributed by atoms with E-state index in [9.17, 15) is 14.6 Å². The lowest BCUT2D eigenvalue weighted by Gasteiger charge is -2.19. The van der Waals surface area contributed by atoms with Gasteiger partial charge >= 0.3 is 0 Å². The third-order valence-electron chi connectivity index (χ3n) is 2.34. The number of hydrogen-bond acceptors (Lipinski definition) is 2. The summed E-state index contributed by atoms with van der Waals surface area (Å²) in [5.41, 5.74) is 0.770. The SMILES string of the molecule is Cc1cccc(F)c1C(O)C(O)CCCl. The van der Waals surface area contributed by atoms with Gasteiger partial charge in [0, 0.05) is 11.4 Å². The van der Waals surface area contributed by atoms with Gasteiger partial charge in [-0.3, -0.25) is 0 Å². The van der Waals surface area contributed by atoms with E-state index in [4.69, 9.17) is 11.6 Å². The molecule has 84 valence electrons. The molecule has 0 bridgehead atoms. The largest absolute Gasteiger partial charge is 0.390 e. The van der Waals surface area contributed by atoms with E-state index in [2.05, 4.69) is 0 Å². The minimum absolute atomic E-state index is 0.148. The first-order chi connectivity index (χ1) is 7.07. The summed E-state index contributed by atoms with van der Waals surface area (Å²) in [6, 6.07) is 4.52. The smallest absolute Gasteiger partial charge is 0.129 e. The molecule has 1 aromatic carbocycles. The second-order valence-electron chi connectivity index (χ2n) is 3.46. The van der Waals surface area contributed by atoms with Crippen LogP contribution in [-0.4, -0.2) is 22.2 Å². The molecule has 0 spiro atoms. The Bertz CT molecular complexity index is 310. The summed E-state index contributed by atoms with van der Waals surface area (Å²) in [6.45, 7) is 1.69. The van der Waals surface area contributed by atoms with Crippen LogP contribution in [0.1, 0.15) is 23.7 Å². The summed E-state index contributed by atoms with van der Waals surface area (Å²) >= 11 is 5.44. The highest BCUT2D eigenvalue weighted by atomic mass is 35.5. The molecule has 0 aliphatic rings. The van der Waals surface area contributed by atoms with Crippen LogP contribution in [0.2, 0.25) is 0 Å². The average Bonchev–Trinajstić information content (AvgIpc) is 2.17. The van der Waals surface area contributed by atoms with E-state index in [0.29, 0.717) is 5.56 Å². The fourth-order valence-corrected chi connectivity index (χ4v) is 1.71. The van der Waals surface area contributed by atoms with Gasteiger partial charge in [-0.25, -0.2) is 4.39 Å². The fraction of sp³-hybridized carbons (Fsp3) is 0.455. The normalized spacial score (nSPS) is 15.0. The maximum absolute atomic E-state index is 13.4. The van der Waals surface area contributed by atoms with Gasteiger partial charge in [0.1, 0.15) is 11.9 Å². The zero-order valence-corrected chi connectivity index (χ0v) is 9.21. The van der Waals surface area contributed by atoms with E-state index in [1.807, 2.05) is 0 Å². The number of benzene rings is 1. The number of aliphatic hydroxyl groups excluding tert-OH is 2. The van der Waals surface area contributed by atoms with Gasteiger partial charge in [0.2, 0.25) is 0 Å². The molecular formula is C11H14ClFO2. The van der Waals surface area contributed by atoms with Crippen molar-refractivity contribution in [3.05, 3.63) is 35.1 Å². The first kappa shape index (κ1) is 12.4. The summed E-state index contributed by atoms with van der Waals surface area (Å²) in [6.07, 6.45) is -2.01. The highest BCUT2D eigenvalue weighted by molar-refractivity contribution is 6.17. The number of aryl methyl sites for hydroxylation is 1. The topological polar surface area (TPSA) is 40.5 Å². The predicted octanol–water partition coefficient (Wildman–Crippen LogP) is 2.16. The minimum Gasteiger partial charge on any atom is -0.390 e. The van der Waals surface area contributed by atoms with Crippen LogP contribution in [0.5, 0.6) is 0 Å². The number of aliphatic hydroxyl groups is 2. The Hall–Kier alpha value is -0.640. The van der Waals surface area contributed by atoms with Crippen molar-refractivity contribution < 1.29 is 14.6 Å². The van der Waals surface area contributed by atoms with Crippen LogP contribution >= 0.6 is 11.6 Å². The van der Waals surface area contributed by atoms with Gasteiger partial charge in [0.05, 0.1) is 6.10 Å². The number of hydrogen-bond donors (Lipinski definition) is 2. The van der Waals surface area contributed by atoms with Gasteiger partial charge in [-0.15, -0.1) is 11.6 Å². The number of halogens is 2. The molecule has 2 unspecified atom stereocenters. The van der Waals surface area contributed by atoms with Crippen LogP contribution in [0.4, 0.5) is 4.39 Å². The van der Waals surface area contributed by atoms with Gasteiger partial charge in [-0.2, -0.15) is 0 Å². The summed E-state index contributed by atoms with van der Waals surface area (Å²) in [4.78, 5) is 0. The first-order valence-corrected chi connectivity index (χ1v) is 5.28. The average molecular weight is 233 g/mol. The van der Waals surface area contributed by atoms with E-state index < -0.39 is 18.0 Å². The molecule has 2 nitrogen and oxygen atoms in total. The zero-order valence-electron chi connectivity index (χ0n) is 8.45. The maximum Gasteiger partial charge on any atom is 0.129 e. The Morgan fingerprint density at radius 1 is 1.40 bits per heavy atom. The molecule has 0 amide bonds. The molecule has 0 fully saturated rings. The molecule has 0 radical (unpaired) electrons. The molecule has 0 aliphatic carbocycles. The van der Waals surface area contributed by atoms with Gasteiger partial charge in [-0.05, 0) is 25.0 Å². The lowest BCUT2D eigenvalue weighted by Crippen LogP contribution is -2.20. The van der Waals surface area contributed by atoms with Gasteiger partial charge in [0.15, 0.2) is 0 Å². The molecule has 1 aromatic rings. The third kappa shape index (κ3) is 2.91. The first-order valence-electron chi connectivity index (χ1n) is 4.75. The lowest BCUT2D eigenvalue weighted by molar-refractivity contribution is 0.0145. The van der Waals surface area contributed by atoms with Crippen molar-refractivity contribution in [3.8, 4) is 0 Å². The van der Waals surface area contributed by atoms with E-state index in [-0.39, 0.29) is 17.9 Å². The summed E-state index contributed by atoms with van der Waals surface area (Å²) < 4.78 is 13.4. The Morgan fingerprint density at radius 3 is 2.60 bits per heavy atom. The maximum atomic E-state index is 13.4. The molecule has 2 atom stereocenters. The number of rotatable bonds is 4. The van der Waals surface area contributed by atoms with Crippen LogP contribution < -0.4 is 0 Å². The van der Waals surface area contributed by atoms with Crippen LogP contribution in [0.15, 0.2) is 18.2 Å². The van der Waals surface area contributed by atoms with Crippen LogP contribution in [0, 0.1) is 12.7 Å². The van der Waals surface area contributed by atoms with Crippen LogP contribution in [-0.2, 0) is 0 Å². The highest BCUT2D eigenvalue weighted by Gasteiger charge is 2.22. The van der Waals surface area contributed by atoms with Crippen LogP contribution in [0.3, 0.4) is 0 Å². The van der Waals surface area contributed by atoms with Crippen molar-refractivity contribution >= 4 is 11.6 Å². The van der Waals surface area contributed by atoms with E-state index in [1.54, 1.807) is 19.1 Å². The highest BCUT2D eigenvalue weighted by Crippen LogP contribution is 2.25. The summed E-state index contributed by atoms with van der Waals surface area (Å²) in [7, 11) is 0. The van der Waals surface area contributed by atoms with E-state index in [0.717, 1.165) is 0 Å². The van der Waals surface area contributed by atoms with Gasteiger partial charge < -0.3 is 10.2 Å². The molecule has 15 heavy (non-hydrogen) atoms. The Balaban J connectivity index is 2.94. The minimum atomic E-state index is -1.22. The summed E-state index contributed by atoms with van der Waals surface area (Å²) in [5, 5.41) is 19.3. The zero-order chi connectivity index (χ0) is 11.4. The molecular weight excluding hydrogens is 219 g/mol. The quantitative estimate of drug-likeness (QED) is 0.781. The van der Waals surface area contributed by atoms with Gasteiger partial charge in [0.25, 0.3) is 0 Å². The van der Waals surface area contributed by atoms with Crippen molar-refractivity contribution in [2.45, 2.75) is 25.6 Å². The van der Waals surface area contributed by atoms with Crippen molar-refractivity contribution in [3.63, 3.8) is 0 Å². The van der Waals surface area contributed by atoms with Crippen LogP contribution in [0.25, 0.3) is 0 Å². The molecule has 0 aliphatic heterocycles. The fourth-order valence-electron chi connectivity index (χ4n) is 1.48. The molecule has 0 saturated carbocycles. The Kier molecular flexibility index (Phi) is 4.51. The number of alkyl halides is 1. The molecule has 0 aromatic heterocycles.